The molecule has 25 heavy (non-hydrogen) atoms. The van der Waals surface area contributed by atoms with Gasteiger partial charge in [-0.2, -0.15) is 0 Å². The molecule has 0 radical (unpaired) electrons. The van der Waals surface area contributed by atoms with Crippen LogP contribution in [0.1, 0.15) is 18.1 Å². The highest BCUT2D eigenvalue weighted by molar-refractivity contribution is 7.89. The van der Waals surface area contributed by atoms with Crippen LogP contribution in [0.3, 0.4) is 0 Å². The zero-order valence-electron chi connectivity index (χ0n) is 13.8. The number of ether oxygens (including phenoxy) is 1. The molecule has 0 aliphatic rings. The van der Waals surface area contributed by atoms with Gasteiger partial charge in [-0.1, -0.05) is 24.3 Å². The Kier molecular flexibility index (Phi) is 6.32. The Labute approximate surface area is 147 Å². The van der Waals surface area contributed by atoms with E-state index in [1.54, 1.807) is 18.2 Å². The van der Waals surface area contributed by atoms with Crippen molar-refractivity contribution in [2.45, 2.75) is 18.4 Å². The van der Waals surface area contributed by atoms with Crippen molar-refractivity contribution in [3.63, 3.8) is 0 Å². The van der Waals surface area contributed by atoms with E-state index < -0.39 is 10.0 Å². The fraction of sp³-hybridized carbons (Fsp3) is 0.167. The minimum atomic E-state index is -3.70. The molecule has 0 fully saturated rings. The van der Waals surface area contributed by atoms with Gasteiger partial charge in [0.2, 0.25) is 15.9 Å². The lowest BCUT2D eigenvalue weighted by Crippen LogP contribution is -2.20. The summed E-state index contributed by atoms with van der Waals surface area (Å²) in [6.45, 7) is 2.81. The number of amides is 1. The third-order valence-electron chi connectivity index (χ3n) is 3.34. The van der Waals surface area contributed by atoms with E-state index in [4.69, 9.17) is 9.88 Å². The van der Waals surface area contributed by atoms with Crippen molar-refractivity contribution in [2.75, 3.05) is 6.61 Å². The van der Waals surface area contributed by atoms with Crippen LogP contribution in [0.2, 0.25) is 0 Å². The number of carbonyl (C=O) groups is 1. The standard InChI is InChI=1S/C18H20N2O4S/c1-2-24-16-8-3-14(4-9-16)7-12-18(21)20-13-15-5-10-17(11-6-15)25(19,22)23/h3-12H,2,13H2,1H3,(H,20,21)(H2,19,22,23)/b12-7+. The average molecular weight is 360 g/mol. The summed E-state index contributed by atoms with van der Waals surface area (Å²) in [5.41, 5.74) is 1.66. The van der Waals surface area contributed by atoms with Crippen LogP contribution in [0.5, 0.6) is 5.75 Å². The zero-order valence-corrected chi connectivity index (χ0v) is 14.6. The Balaban J connectivity index is 1.87. The van der Waals surface area contributed by atoms with E-state index in [2.05, 4.69) is 5.32 Å². The molecule has 0 saturated carbocycles. The molecule has 0 spiro atoms. The van der Waals surface area contributed by atoms with Crippen molar-refractivity contribution in [2.24, 2.45) is 5.14 Å². The first-order chi connectivity index (χ1) is 11.9. The Bertz CT molecular complexity index is 842. The van der Waals surface area contributed by atoms with Crippen molar-refractivity contribution < 1.29 is 17.9 Å². The first kappa shape index (κ1) is 18.7. The Morgan fingerprint density at radius 3 is 2.32 bits per heavy atom. The number of hydrogen-bond acceptors (Lipinski definition) is 4. The van der Waals surface area contributed by atoms with Crippen LogP contribution in [0, 0.1) is 0 Å². The molecule has 0 bridgehead atoms. The lowest BCUT2D eigenvalue weighted by molar-refractivity contribution is -0.116. The smallest absolute Gasteiger partial charge is 0.244 e. The van der Waals surface area contributed by atoms with Gasteiger partial charge in [0, 0.05) is 12.6 Å². The second-order valence-corrected chi connectivity index (χ2v) is 6.80. The maximum absolute atomic E-state index is 11.8. The van der Waals surface area contributed by atoms with Crippen LogP contribution in [0.15, 0.2) is 59.5 Å². The molecule has 2 rings (SSSR count). The number of carbonyl (C=O) groups excluding carboxylic acids is 1. The zero-order chi connectivity index (χ0) is 18.3. The fourth-order valence-corrected chi connectivity index (χ4v) is 2.57. The monoisotopic (exact) mass is 360 g/mol. The number of hydrogen-bond donors (Lipinski definition) is 2. The second-order valence-electron chi connectivity index (χ2n) is 5.24. The molecular formula is C18H20N2O4S. The molecule has 0 aromatic heterocycles. The normalized spacial score (nSPS) is 11.4. The van der Waals surface area contributed by atoms with Crippen molar-refractivity contribution in [1.82, 2.24) is 5.32 Å². The molecule has 0 aliphatic carbocycles. The Morgan fingerprint density at radius 2 is 1.76 bits per heavy atom. The van der Waals surface area contributed by atoms with Crippen molar-refractivity contribution in [3.05, 3.63) is 65.7 Å². The molecular weight excluding hydrogens is 340 g/mol. The number of nitrogens with one attached hydrogen (secondary N) is 1. The summed E-state index contributed by atoms with van der Waals surface area (Å²) < 4.78 is 27.7. The molecule has 6 nitrogen and oxygen atoms in total. The Hall–Kier alpha value is -2.64. The van der Waals surface area contributed by atoms with Gasteiger partial charge in [-0.05, 0) is 48.4 Å². The van der Waals surface area contributed by atoms with E-state index in [1.165, 1.54) is 18.2 Å². The minimum Gasteiger partial charge on any atom is -0.494 e. The predicted molar refractivity (Wildman–Crippen MR) is 96.3 cm³/mol. The summed E-state index contributed by atoms with van der Waals surface area (Å²) in [5, 5.41) is 7.76. The van der Waals surface area contributed by atoms with Gasteiger partial charge in [0.25, 0.3) is 0 Å². The summed E-state index contributed by atoms with van der Waals surface area (Å²) in [4.78, 5) is 11.9. The van der Waals surface area contributed by atoms with Gasteiger partial charge < -0.3 is 10.1 Å². The number of sulfonamides is 1. The minimum absolute atomic E-state index is 0.0398. The van der Waals surface area contributed by atoms with E-state index in [0.717, 1.165) is 16.9 Å². The lowest BCUT2D eigenvalue weighted by Gasteiger charge is -2.04. The molecule has 132 valence electrons. The highest BCUT2D eigenvalue weighted by Gasteiger charge is 2.06. The topological polar surface area (TPSA) is 98.5 Å². The number of primary sulfonamides is 1. The first-order valence-corrected chi connectivity index (χ1v) is 9.23. The SMILES string of the molecule is CCOc1ccc(/C=C/C(=O)NCc2ccc(S(N)(=O)=O)cc2)cc1. The third-order valence-corrected chi connectivity index (χ3v) is 4.27. The van der Waals surface area contributed by atoms with Crippen molar-refractivity contribution in [1.29, 1.82) is 0 Å². The highest BCUT2D eigenvalue weighted by Crippen LogP contribution is 2.13. The van der Waals surface area contributed by atoms with Crippen LogP contribution in [-0.4, -0.2) is 20.9 Å². The van der Waals surface area contributed by atoms with E-state index in [0.29, 0.717) is 6.61 Å². The van der Waals surface area contributed by atoms with Crippen LogP contribution >= 0.6 is 0 Å². The molecule has 2 aromatic carbocycles. The van der Waals surface area contributed by atoms with Gasteiger partial charge in [-0.25, -0.2) is 13.6 Å². The van der Waals surface area contributed by atoms with Gasteiger partial charge in [0.1, 0.15) is 5.75 Å². The summed E-state index contributed by atoms with van der Waals surface area (Å²) in [7, 11) is -3.70. The molecule has 0 atom stereocenters. The molecule has 0 saturated heterocycles. The Morgan fingerprint density at radius 1 is 1.12 bits per heavy atom. The van der Waals surface area contributed by atoms with Crippen LogP contribution < -0.4 is 15.2 Å². The number of benzene rings is 2. The highest BCUT2D eigenvalue weighted by atomic mass is 32.2. The van der Waals surface area contributed by atoms with Gasteiger partial charge >= 0.3 is 0 Å². The van der Waals surface area contributed by atoms with Crippen LogP contribution in [0.25, 0.3) is 6.08 Å². The first-order valence-electron chi connectivity index (χ1n) is 7.69. The summed E-state index contributed by atoms with van der Waals surface area (Å²) in [5.74, 6) is 0.538. The van der Waals surface area contributed by atoms with Gasteiger partial charge in [0.05, 0.1) is 11.5 Å². The molecule has 2 aromatic rings. The van der Waals surface area contributed by atoms with Gasteiger partial charge in [-0.15, -0.1) is 0 Å². The molecule has 3 N–H and O–H groups in total. The largest absolute Gasteiger partial charge is 0.494 e. The summed E-state index contributed by atoms with van der Waals surface area (Å²) in [6, 6.07) is 13.4. The second kappa shape index (κ2) is 8.46. The van der Waals surface area contributed by atoms with E-state index in [9.17, 15) is 13.2 Å². The van der Waals surface area contributed by atoms with Gasteiger partial charge in [-0.3, -0.25) is 4.79 Å². The van der Waals surface area contributed by atoms with Crippen LogP contribution in [-0.2, 0) is 21.4 Å². The maximum Gasteiger partial charge on any atom is 0.244 e. The van der Waals surface area contributed by atoms with Gasteiger partial charge in [0.15, 0.2) is 0 Å². The van der Waals surface area contributed by atoms with E-state index >= 15 is 0 Å². The number of nitrogens with two attached hydrogens (primary N) is 1. The number of rotatable bonds is 7. The summed E-state index contributed by atoms with van der Waals surface area (Å²) in [6.07, 6.45) is 3.14. The fourth-order valence-electron chi connectivity index (χ4n) is 2.06. The quantitative estimate of drug-likeness (QED) is 0.738. The predicted octanol–water partition coefficient (Wildman–Crippen LogP) is 2.06. The molecule has 0 aliphatic heterocycles. The van der Waals surface area contributed by atoms with Crippen molar-refractivity contribution >= 4 is 22.0 Å². The third kappa shape index (κ3) is 6.06. The molecule has 0 unspecified atom stereocenters. The molecule has 7 heteroatoms. The van der Waals surface area contributed by atoms with E-state index in [-0.39, 0.29) is 17.3 Å². The molecule has 0 heterocycles. The van der Waals surface area contributed by atoms with Crippen LogP contribution in [0.4, 0.5) is 0 Å². The average Bonchev–Trinajstić information content (AvgIpc) is 2.59. The lowest BCUT2D eigenvalue weighted by atomic mass is 10.2. The molecule has 1 amide bonds. The van der Waals surface area contributed by atoms with Crippen molar-refractivity contribution in [3.8, 4) is 5.75 Å². The van der Waals surface area contributed by atoms with E-state index in [1.807, 2.05) is 31.2 Å². The summed E-state index contributed by atoms with van der Waals surface area (Å²) >= 11 is 0. The maximum atomic E-state index is 11.8.